The molecular weight excluding hydrogens is 718 g/mol. The molecule has 2 fully saturated rings. The summed E-state index contributed by atoms with van der Waals surface area (Å²) in [4.78, 5) is 48.0. The van der Waals surface area contributed by atoms with E-state index >= 15 is 0 Å². The van der Waals surface area contributed by atoms with Gasteiger partial charge in [0.2, 0.25) is 16.3 Å². The lowest BCUT2D eigenvalue weighted by Crippen LogP contribution is -2.64. The molecule has 3 aromatic heterocycles. The van der Waals surface area contributed by atoms with Crippen LogP contribution in [0.25, 0.3) is 22.3 Å². The SMILES string of the molecule is CCS(=O)(=O)N1CC(CC#N)(n2cc(-c3ncnc4c3ccn4C(=O)N(C)Cc3ccccc3NC(=O)OC3OC(C(=O)O)[C@@H](O)C(O)[C@H]3O)cn2)C1. The monoisotopic (exact) mass is 753 g/mol. The van der Waals surface area contributed by atoms with E-state index in [4.69, 9.17) is 9.47 Å². The Labute approximate surface area is 301 Å². The average molecular weight is 754 g/mol. The lowest BCUT2D eigenvalue weighted by atomic mass is 9.89. The third kappa shape index (κ3) is 7.02. The number of benzene rings is 1. The van der Waals surface area contributed by atoms with Crippen molar-refractivity contribution in [3.05, 3.63) is 60.8 Å². The molecule has 2 aliphatic rings. The number of carboxylic acid groups (broad SMARTS) is 1. The van der Waals surface area contributed by atoms with Gasteiger partial charge < -0.3 is 34.8 Å². The highest BCUT2D eigenvalue weighted by Gasteiger charge is 2.50. The molecule has 1 aromatic carbocycles. The lowest BCUT2D eigenvalue weighted by molar-refractivity contribution is -0.277. The van der Waals surface area contributed by atoms with Crippen molar-refractivity contribution in [3.63, 3.8) is 0 Å². The van der Waals surface area contributed by atoms with Crippen LogP contribution >= 0.6 is 0 Å². The van der Waals surface area contributed by atoms with E-state index in [1.807, 2.05) is 0 Å². The van der Waals surface area contributed by atoms with Gasteiger partial charge in [0, 0.05) is 55.7 Å². The van der Waals surface area contributed by atoms with Crippen molar-refractivity contribution in [3.8, 4) is 17.3 Å². The highest BCUT2D eigenvalue weighted by molar-refractivity contribution is 7.89. The molecule has 3 unspecified atom stereocenters. The van der Waals surface area contributed by atoms with Crippen molar-refractivity contribution < 1.29 is 52.7 Å². The lowest BCUT2D eigenvalue weighted by Gasteiger charge is -2.47. The van der Waals surface area contributed by atoms with Crippen LogP contribution in [0.3, 0.4) is 0 Å². The number of aliphatic hydroxyl groups is 3. The number of hydrogen-bond acceptors (Lipinski definition) is 14. The normalized spacial score (nSPS) is 22.8. The molecule has 20 nitrogen and oxygen atoms in total. The number of aliphatic carboxylic acids is 1. The molecule has 4 aromatic rings. The summed E-state index contributed by atoms with van der Waals surface area (Å²) in [6.07, 6.45) is -4.83. The Morgan fingerprint density at radius 1 is 1.13 bits per heavy atom. The first-order valence-electron chi connectivity index (χ1n) is 16.2. The Morgan fingerprint density at radius 2 is 1.87 bits per heavy atom. The van der Waals surface area contributed by atoms with Gasteiger partial charge in [0.05, 0.1) is 30.1 Å². The number of aliphatic hydroxyl groups excluding tert-OH is 3. The van der Waals surface area contributed by atoms with Crippen molar-refractivity contribution in [2.24, 2.45) is 0 Å². The number of amides is 2. The second-order valence-corrected chi connectivity index (χ2v) is 14.9. The summed E-state index contributed by atoms with van der Waals surface area (Å²) in [5, 5.41) is 56.3. The quantitative estimate of drug-likeness (QED) is 0.144. The number of aromatic nitrogens is 5. The minimum absolute atomic E-state index is 0.0278. The van der Waals surface area contributed by atoms with E-state index in [2.05, 4.69) is 26.5 Å². The molecule has 2 aliphatic heterocycles. The standard InChI is InChI=1S/C32H35N9O11S/c1-3-53(49,50)39-15-32(16-39,9-10-33)41-14-19(12-36-41)22-20-8-11-40(27(20)35-17-34-22)31(48)38(2)13-18-6-4-5-7-21(18)37-30(47)52-29-25(44)23(42)24(43)26(51-29)28(45)46/h4-8,11-12,14,17,23-26,29,42-44H,3,9,13,15-16H2,1-2H3,(H,37,47)(H,45,46)/t23?,24-,25+,26?,29?/m0/s1. The van der Waals surface area contributed by atoms with Gasteiger partial charge in [0.1, 0.15) is 30.2 Å². The summed E-state index contributed by atoms with van der Waals surface area (Å²) in [5.41, 5.74) is 1.12. The maximum absolute atomic E-state index is 13.7. The van der Waals surface area contributed by atoms with Gasteiger partial charge in [0.15, 0.2) is 11.8 Å². The van der Waals surface area contributed by atoms with E-state index in [9.17, 15) is 48.5 Å². The Bertz CT molecular complexity index is 2190. The number of carboxylic acids is 1. The first kappa shape index (κ1) is 37.3. The Balaban J connectivity index is 1.16. The van der Waals surface area contributed by atoms with Gasteiger partial charge in [-0.15, -0.1) is 0 Å². The van der Waals surface area contributed by atoms with Gasteiger partial charge in [0.25, 0.3) is 0 Å². The molecule has 2 saturated heterocycles. The number of hydrogen-bond donors (Lipinski definition) is 5. The largest absolute Gasteiger partial charge is 0.479 e. The highest BCUT2D eigenvalue weighted by Crippen LogP contribution is 2.36. The zero-order valence-electron chi connectivity index (χ0n) is 28.3. The van der Waals surface area contributed by atoms with Gasteiger partial charge in [-0.3, -0.25) is 14.6 Å². The number of carbonyl (C=O) groups is 3. The number of sulfonamides is 1. The van der Waals surface area contributed by atoms with E-state index in [1.165, 1.54) is 39.4 Å². The first-order valence-corrected chi connectivity index (χ1v) is 17.8. The molecule has 5 atom stereocenters. The van der Waals surface area contributed by atoms with E-state index in [1.54, 1.807) is 48.3 Å². The van der Waals surface area contributed by atoms with E-state index in [0.717, 1.165) is 0 Å². The van der Waals surface area contributed by atoms with Crippen LogP contribution in [0, 0.1) is 11.3 Å². The highest BCUT2D eigenvalue weighted by atomic mass is 32.2. The van der Waals surface area contributed by atoms with Crippen molar-refractivity contribution in [2.75, 3.05) is 31.2 Å². The fraction of sp³-hybridized carbons (Fsp3) is 0.406. The van der Waals surface area contributed by atoms with Crippen molar-refractivity contribution >= 4 is 44.8 Å². The number of anilines is 1. The molecule has 0 bridgehead atoms. The fourth-order valence-electron chi connectivity index (χ4n) is 6.20. The molecule has 5 N–H and O–H groups in total. The molecule has 0 aliphatic carbocycles. The Hall–Kier alpha value is -5.50. The van der Waals surface area contributed by atoms with Crippen molar-refractivity contribution in [1.29, 1.82) is 5.26 Å². The number of para-hydroxylation sites is 1. The van der Waals surface area contributed by atoms with Crippen LogP contribution in [0.1, 0.15) is 18.9 Å². The second-order valence-electron chi connectivity index (χ2n) is 12.6. The van der Waals surface area contributed by atoms with Gasteiger partial charge in [-0.1, -0.05) is 18.2 Å². The van der Waals surface area contributed by atoms with Gasteiger partial charge in [-0.2, -0.15) is 14.7 Å². The van der Waals surface area contributed by atoms with Crippen molar-refractivity contribution in [2.45, 2.75) is 56.1 Å². The van der Waals surface area contributed by atoms with E-state index in [-0.39, 0.29) is 43.1 Å². The van der Waals surface area contributed by atoms with Crippen molar-refractivity contribution in [1.82, 2.24) is 33.5 Å². The van der Waals surface area contributed by atoms with Crippen LogP contribution in [-0.2, 0) is 36.4 Å². The van der Waals surface area contributed by atoms with Gasteiger partial charge >= 0.3 is 18.1 Å². The zero-order chi connectivity index (χ0) is 38.2. The topological polar surface area (TPSA) is 276 Å². The molecule has 280 valence electrons. The predicted molar refractivity (Wildman–Crippen MR) is 181 cm³/mol. The average Bonchev–Trinajstić information content (AvgIpc) is 3.78. The molecular formula is C32H35N9O11S. The number of nitriles is 1. The van der Waals surface area contributed by atoms with Crippen LogP contribution in [0.5, 0.6) is 0 Å². The molecule has 53 heavy (non-hydrogen) atoms. The number of carbonyl (C=O) groups excluding carboxylic acids is 2. The number of ether oxygens (including phenoxy) is 2. The summed E-state index contributed by atoms with van der Waals surface area (Å²) in [6.45, 7) is 1.74. The number of rotatable bonds is 10. The maximum Gasteiger partial charge on any atom is 0.414 e. The van der Waals surface area contributed by atoms with Crippen LogP contribution < -0.4 is 5.32 Å². The minimum atomic E-state index is -3.43. The van der Waals surface area contributed by atoms with Crippen LogP contribution in [0.4, 0.5) is 15.3 Å². The summed E-state index contributed by atoms with van der Waals surface area (Å²) in [5.74, 6) is -1.69. The maximum atomic E-state index is 13.7. The molecule has 0 radical (unpaired) electrons. The summed E-state index contributed by atoms with van der Waals surface area (Å²) >= 11 is 0. The number of nitrogens with one attached hydrogen (secondary N) is 1. The second kappa shape index (κ2) is 14.5. The molecule has 0 spiro atoms. The van der Waals surface area contributed by atoms with E-state index < -0.39 is 64.4 Å². The predicted octanol–water partition coefficient (Wildman–Crippen LogP) is 0.110. The molecule has 6 rings (SSSR count). The van der Waals surface area contributed by atoms with Crippen LogP contribution in [0.15, 0.2) is 55.2 Å². The molecule has 21 heteroatoms. The van der Waals surface area contributed by atoms with Gasteiger partial charge in [-0.25, -0.2) is 32.8 Å². The molecule has 5 heterocycles. The van der Waals surface area contributed by atoms with Crippen LogP contribution in [-0.4, -0.2) is 137 Å². The fourth-order valence-corrected chi connectivity index (χ4v) is 7.44. The minimum Gasteiger partial charge on any atom is -0.479 e. The van der Waals surface area contributed by atoms with Crippen LogP contribution in [0.2, 0.25) is 0 Å². The zero-order valence-corrected chi connectivity index (χ0v) is 29.1. The number of nitrogens with zero attached hydrogens (tertiary/aromatic N) is 8. The first-order chi connectivity index (χ1) is 25.2. The summed E-state index contributed by atoms with van der Waals surface area (Å²) in [6, 6.07) is 9.72. The third-order valence-electron chi connectivity index (χ3n) is 9.16. The smallest absolute Gasteiger partial charge is 0.414 e. The Morgan fingerprint density at radius 3 is 2.57 bits per heavy atom. The number of fused-ring (bicyclic) bond motifs is 1. The molecule has 0 saturated carbocycles. The third-order valence-corrected chi connectivity index (χ3v) is 10.9. The summed E-state index contributed by atoms with van der Waals surface area (Å²) < 4.78 is 39.0. The summed E-state index contributed by atoms with van der Waals surface area (Å²) in [7, 11) is -1.91. The van der Waals surface area contributed by atoms with E-state index in [0.29, 0.717) is 22.2 Å². The van der Waals surface area contributed by atoms with Gasteiger partial charge in [-0.05, 0) is 24.6 Å². The Kier molecular flexibility index (Phi) is 10.2. The molecule has 2 amide bonds.